The second kappa shape index (κ2) is 8.34. The van der Waals surface area contributed by atoms with Crippen molar-refractivity contribution in [3.63, 3.8) is 0 Å². The van der Waals surface area contributed by atoms with E-state index in [1.165, 1.54) is 11.1 Å². The van der Waals surface area contributed by atoms with Gasteiger partial charge in [0.15, 0.2) is 0 Å². The molecule has 1 aliphatic rings. The molecular formula is C22H31NO. The Morgan fingerprint density at radius 3 is 2.75 bits per heavy atom. The third kappa shape index (κ3) is 4.61. The van der Waals surface area contributed by atoms with Gasteiger partial charge in [-0.1, -0.05) is 63.8 Å². The summed E-state index contributed by atoms with van der Waals surface area (Å²) < 4.78 is 5.93. The Bertz CT molecular complexity index is 607. The lowest BCUT2D eigenvalue weighted by molar-refractivity contribution is 0.0640. The van der Waals surface area contributed by atoms with Gasteiger partial charge in [-0.15, -0.1) is 0 Å². The van der Waals surface area contributed by atoms with E-state index in [-0.39, 0.29) is 5.41 Å². The van der Waals surface area contributed by atoms with E-state index >= 15 is 0 Å². The molecule has 0 saturated heterocycles. The van der Waals surface area contributed by atoms with Crippen molar-refractivity contribution in [1.82, 2.24) is 4.90 Å². The standard InChI is InChI=1S/C22H31NO/c1-6-8-12-19(7-2)24-17-16-23-15-14-18-11-9-10-13-20(18)21(23)22(3,4)5/h6-13,21H,1,14-17H2,2-5H3/b12-8-,19-7+. The lowest BCUT2D eigenvalue weighted by Crippen LogP contribution is -2.43. The van der Waals surface area contributed by atoms with Crippen molar-refractivity contribution in [3.05, 3.63) is 72.0 Å². The number of hydrogen-bond acceptors (Lipinski definition) is 2. The van der Waals surface area contributed by atoms with Gasteiger partial charge in [0.2, 0.25) is 0 Å². The van der Waals surface area contributed by atoms with Crippen LogP contribution in [0.3, 0.4) is 0 Å². The smallest absolute Gasteiger partial charge is 0.115 e. The number of fused-ring (bicyclic) bond motifs is 1. The molecule has 0 radical (unpaired) electrons. The molecule has 1 aliphatic heterocycles. The third-order valence-corrected chi connectivity index (χ3v) is 4.53. The van der Waals surface area contributed by atoms with Gasteiger partial charge in [0.25, 0.3) is 0 Å². The van der Waals surface area contributed by atoms with Gasteiger partial charge in [-0.3, -0.25) is 4.90 Å². The summed E-state index contributed by atoms with van der Waals surface area (Å²) in [5.41, 5.74) is 3.18. The maximum atomic E-state index is 5.93. The lowest BCUT2D eigenvalue weighted by Gasteiger charge is -2.44. The zero-order valence-electron chi connectivity index (χ0n) is 15.6. The fourth-order valence-corrected chi connectivity index (χ4v) is 3.54. The molecule has 0 aliphatic carbocycles. The van der Waals surface area contributed by atoms with Crippen molar-refractivity contribution >= 4 is 0 Å². The van der Waals surface area contributed by atoms with Crippen LogP contribution in [0.4, 0.5) is 0 Å². The molecule has 1 aromatic carbocycles. The number of ether oxygens (including phenoxy) is 1. The van der Waals surface area contributed by atoms with Crippen molar-refractivity contribution in [2.45, 2.75) is 40.2 Å². The highest BCUT2D eigenvalue weighted by Crippen LogP contribution is 2.41. The van der Waals surface area contributed by atoms with Gasteiger partial charge in [0.05, 0.1) is 0 Å². The van der Waals surface area contributed by atoms with Crippen molar-refractivity contribution < 1.29 is 4.74 Å². The third-order valence-electron chi connectivity index (χ3n) is 4.53. The van der Waals surface area contributed by atoms with Crippen molar-refractivity contribution in [2.75, 3.05) is 19.7 Å². The zero-order chi connectivity index (χ0) is 17.6. The molecule has 130 valence electrons. The highest BCUT2D eigenvalue weighted by Gasteiger charge is 2.35. The molecule has 24 heavy (non-hydrogen) atoms. The molecule has 2 rings (SSSR count). The molecule has 2 heteroatoms. The Kier molecular flexibility index (Phi) is 6.44. The largest absolute Gasteiger partial charge is 0.493 e. The van der Waals surface area contributed by atoms with Gasteiger partial charge < -0.3 is 4.74 Å². The van der Waals surface area contributed by atoms with E-state index in [4.69, 9.17) is 4.74 Å². The molecule has 0 bridgehead atoms. The topological polar surface area (TPSA) is 12.5 Å². The average Bonchev–Trinajstić information content (AvgIpc) is 2.56. The molecule has 1 heterocycles. The molecule has 1 aromatic rings. The lowest BCUT2D eigenvalue weighted by atomic mass is 9.77. The van der Waals surface area contributed by atoms with Crippen molar-refractivity contribution in [2.24, 2.45) is 5.41 Å². The van der Waals surface area contributed by atoms with E-state index in [0.29, 0.717) is 12.6 Å². The van der Waals surface area contributed by atoms with Crippen LogP contribution in [0, 0.1) is 5.41 Å². The van der Waals surface area contributed by atoms with Crippen molar-refractivity contribution in [1.29, 1.82) is 0 Å². The molecule has 1 unspecified atom stereocenters. The molecule has 2 nitrogen and oxygen atoms in total. The highest BCUT2D eigenvalue weighted by atomic mass is 16.5. The number of benzene rings is 1. The van der Waals surface area contributed by atoms with Crippen LogP contribution in [0.2, 0.25) is 0 Å². The molecular weight excluding hydrogens is 294 g/mol. The van der Waals surface area contributed by atoms with E-state index in [2.05, 4.69) is 56.5 Å². The Balaban J connectivity index is 2.07. The van der Waals surface area contributed by atoms with E-state index in [1.54, 1.807) is 6.08 Å². The van der Waals surface area contributed by atoms with Gasteiger partial charge >= 0.3 is 0 Å². The quantitative estimate of drug-likeness (QED) is 0.520. The minimum Gasteiger partial charge on any atom is -0.493 e. The van der Waals surface area contributed by atoms with Gasteiger partial charge in [0, 0.05) is 19.1 Å². The van der Waals surface area contributed by atoms with Gasteiger partial charge in [-0.05, 0) is 42.0 Å². The SMILES string of the molecule is C=C/C=C\C(=C/C)OCCN1CCc2ccccc2C1C(C)(C)C. The van der Waals surface area contributed by atoms with E-state index in [0.717, 1.165) is 25.3 Å². The summed E-state index contributed by atoms with van der Waals surface area (Å²) in [5, 5.41) is 0. The zero-order valence-corrected chi connectivity index (χ0v) is 15.6. The van der Waals surface area contributed by atoms with Crippen LogP contribution in [-0.2, 0) is 11.2 Å². The summed E-state index contributed by atoms with van der Waals surface area (Å²) in [5.74, 6) is 0.902. The predicted octanol–water partition coefficient (Wildman–Crippen LogP) is 5.29. The predicted molar refractivity (Wildman–Crippen MR) is 103 cm³/mol. The highest BCUT2D eigenvalue weighted by molar-refractivity contribution is 5.33. The van der Waals surface area contributed by atoms with Crippen LogP contribution in [-0.4, -0.2) is 24.6 Å². The Hall–Kier alpha value is -1.80. The second-order valence-electron chi connectivity index (χ2n) is 7.39. The molecule has 0 spiro atoms. The summed E-state index contributed by atoms with van der Waals surface area (Å²) in [7, 11) is 0. The molecule has 0 aromatic heterocycles. The summed E-state index contributed by atoms with van der Waals surface area (Å²) in [6.07, 6.45) is 8.75. The van der Waals surface area contributed by atoms with Crippen LogP contribution >= 0.6 is 0 Å². The second-order valence-corrected chi connectivity index (χ2v) is 7.39. The minimum atomic E-state index is 0.197. The molecule has 0 fully saturated rings. The Morgan fingerprint density at radius 1 is 1.33 bits per heavy atom. The maximum absolute atomic E-state index is 5.93. The molecule has 0 N–H and O–H groups in total. The monoisotopic (exact) mass is 325 g/mol. The first-order valence-corrected chi connectivity index (χ1v) is 8.87. The van der Waals surface area contributed by atoms with E-state index in [9.17, 15) is 0 Å². The van der Waals surface area contributed by atoms with Gasteiger partial charge in [0.1, 0.15) is 12.4 Å². The fraction of sp³-hybridized carbons (Fsp3) is 0.455. The first-order valence-electron chi connectivity index (χ1n) is 8.87. The summed E-state index contributed by atoms with van der Waals surface area (Å²) >= 11 is 0. The molecule has 0 amide bonds. The van der Waals surface area contributed by atoms with Crippen LogP contribution in [0.25, 0.3) is 0 Å². The maximum Gasteiger partial charge on any atom is 0.115 e. The summed E-state index contributed by atoms with van der Waals surface area (Å²) in [4.78, 5) is 2.58. The van der Waals surface area contributed by atoms with E-state index in [1.807, 2.05) is 25.2 Å². The first kappa shape index (κ1) is 18.5. The van der Waals surface area contributed by atoms with Gasteiger partial charge in [-0.25, -0.2) is 0 Å². The van der Waals surface area contributed by atoms with Crippen LogP contribution in [0.15, 0.2) is 60.9 Å². The number of nitrogens with zero attached hydrogens (tertiary/aromatic N) is 1. The number of allylic oxidation sites excluding steroid dienone is 4. The van der Waals surface area contributed by atoms with Gasteiger partial charge in [-0.2, -0.15) is 0 Å². The number of hydrogen-bond donors (Lipinski definition) is 0. The first-order chi connectivity index (χ1) is 11.5. The van der Waals surface area contributed by atoms with Crippen LogP contribution in [0.5, 0.6) is 0 Å². The molecule has 0 saturated carbocycles. The number of rotatable bonds is 6. The Labute approximate surface area is 147 Å². The van der Waals surface area contributed by atoms with Crippen LogP contribution in [0.1, 0.15) is 44.9 Å². The Morgan fingerprint density at radius 2 is 2.08 bits per heavy atom. The van der Waals surface area contributed by atoms with Crippen LogP contribution < -0.4 is 0 Å². The fourth-order valence-electron chi connectivity index (χ4n) is 3.54. The minimum absolute atomic E-state index is 0.197. The summed E-state index contributed by atoms with van der Waals surface area (Å²) in [6.45, 7) is 15.4. The summed E-state index contributed by atoms with van der Waals surface area (Å²) in [6, 6.07) is 9.32. The average molecular weight is 325 g/mol. The van der Waals surface area contributed by atoms with Crippen molar-refractivity contribution in [3.8, 4) is 0 Å². The molecule has 1 atom stereocenters. The van der Waals surface area contributed by atoms with E-state index < -0.39 is 0 Å². The normalized spacial score (nSPS) is 19.3.